The number of pyridine rings is 2. The minimum Gasteiger partial charge on any atom is -0.506 e. The second-order valence-corrected chi connectivity index (χ2v) is 9.72. The Morgan fingerprint density at radius 2 is 1.18 bits per heavy atom. The van der Waals surface area contributed by atoms with E-state index in [-0.39, 0.29) is 43.8 Å². The molecule has 1 aliphatic carbocycles. The van der Waals surface area contributed by atoms with Crippen molar-refractivity contribution in [3.05, 3.63) is 46.0 Å². The standard InChI is InChI=1S/C26H36N4O8/c1-15-25(37)19(17(13-31)7-27-15)9-29(10-20-18(14-32)8-28-16(2)26(20)38)21-5-3-4-6-22(21)30(11-23(33)34)12-24(35)36/h7-8,21-22,31-32,37-38H,3-6,9-14H2,1-2H3,(H,33,34)(H,35,36)/t21-,22-/m1/s1. The molecule has 2 aromatic heterocycles. The number of hydrogen-bond acceptors (Lipinski definition) is 10. The summed E-state index contributed by atoms with van der Waals surface area (Å²) >= 11 is 0. The van der Waals surface area contributed by atoms with Crippen molar-refractivity contribution in [3.8, 4) is 11.5 Å². The summed E-state index contributed by atoms with van der Waals surface area (Å²) in [5, 5.41) is 60.7. The lowest BCUT2D eigenvalue weighted by Crippen LogP contribution is -2.55. The lowest BCUT2D eigenvalue weighted by molar-refractivity contribution is -0.144. The van der Waals surface area contributed by atoms with E-state index >= 15 is 0 Å². The van der Waals surface area contributed by atoms with Gasteiger partial charge in [0.05, 0.1) is 37.7 Å². The molecular weight excluding hydrogens is 496 g/mol. The van der Waals surface area contributed by atoms with E-state index in [9.17, 15) is 40.2 Å². The fourth-order valence-corrected chi connectivity index (χ4v) is 5.27. The highest BCUT2D eigenvalue weighted by atomic mass is 16.4. The fraction of sp³-hybridized carbons (Fsp3) is 0.538. The van der Waals surface area contributed by atoms with Crippen molar-refractivity contribution < 1.29 is 40.2 Å². The minimum atomic E-state index is -1.14. The van der Waals surface area contributed by atoms with Crippen LogP contribution in [0.2, 0.25) is 0 Å². The Kier molecular flexibility index (Phi) is 9.97. The van der Waals surface area contributed by atoms with Crippen LogP contribution in [-0.2, 0) is 35.9 Å². The van der Waals surface area contributed by atoms with Gasteiger partial charge in [0.1, 0.15) is 11.5 Å². The highest BCUT2D eigenvalue weighted by molar-refractivity contribution is 5.72. The van der Waals surface area contributed by atoms with Crippen LogP contribution in [0.5, 0.6) is 11.5 Å². The number of aliphatic carboxylic acids is 2. The molecule has 3 rings (SSSR count). The van der Waals surface area contributed by atoms with E-state index in [1.165, 1.54) is 17.3 Å². The van der Waals surface area contributed by atoms with Crippen molar-refractivity contribution in [3.63, 3.8) is 0 Å². The lowest BCUT2D eigenvalue weighted by atomic mass is 9.86. The van der Waals surface area contributed by atoms with E-state index < -0.39 is 31.1 Å². The molecule has 208 valence electrons. The Morgan fingerprint density at radius 1 is 0.789 bits per heavy atom. The SMILES string of the molecule is Cc1ncc(CO)c(CN(Cc2c(CO)cnc(C)c2O)[C@@H]2CCCC[C@H]2N(CC(=O)O)CC(=O)O)c1O. The van der Waals surface area contributed by atoms with Crippen molar-refractivity contribution in [1.29, 1.82) is 0 Å². The Labute approximate surface area is 220 Å². The van der Waals surface area contributed by atoms with E-state index in [4.69, 9.17) is 0 Å². The van der Waals surface area contributed by atoms with Gasteiger partial charge in [-0.3, -0.25) is 29.4 Å². The molecule has 0 radical (unpaired) electrons. The number of aryl methyl sites for hydroxylation is 2. The summed E-state index contributed by atoms with van der Waals surface area (Å²) in [6.07, 6.45) is 5.73. The highest BCUT2D eigenvalue weighted by Crippen LogP contribution is 2.35. The first-order valence-corrected chi connectivity index (χ1v) is 12.5. The molecule has 1 saturated carbocycles. The van der Waals surface area contributed by atoms with Gasteiger partial charge in [0.15, 0.2) is 0 Å². The molecular formula is C26H36N4O8. The molecule has 1 aliphatic rings. The summed E-state index contributed by atoms with van der Waals surface area (Å²) < 4.78 is 0. The Balaban J connectivity index is 2.13. The van der Waals surface area contributed by atoms with Gasteiger partial charge in [0.25, 0.3) is 0 Å². The number of aromatic hydroxyl groups is 2. The third-order valence-electron chi connectivity index (χ3n) is 7.23. The number of aliphatic hydroxyl groups is 2. The van der Waals surface area contributed by atoms with Gasteiger partial charge in [-0.2, -0.15) is 0 Å². The Bertz CT molecular complexity index is 1080. The molecule has 1 fully saturated rings. The molecule has 2 atom stereocenters. The molecule has 0 spiro atoms. The van der Waals surface area contributed by atoms with Crippen molar-refractivity contribution in [2.24, 2.45) is 0 Å². The summed E-state index contributed by atoms with van der Waals surface area (Å²) in [5.41, 5.74) is 2.43. The smallest absolute Gasteiger partial charge is 0.317 e. The molecule has 0 saturated heterocycles. The molecule has 12 heteroatoms. The summed E-state index contributed by atoms with van der Waals surface area (Å²) in [6, 6.07) is -0.803. The van der Waals surface area contributed by atoms with Crippen molar-refractivity contribution in [2.45, 2.75) is 77.9 Å². The van der Waals surface area contributed by atoms with Crippen LogP contribution >= 0.6 is 0 Å². The molecule has 0 bridgehead atoms. The number of carboxylic acid groups (broad SMARTS) is 2. The van der Waals surface area contributed by atoms with Gasteiger partial charge in [-0.15, -0.1) is 0 Å². The van der Waals surface area contributed by atoms with Crippen LogP contribution in [0, 0.1) is 13.8 Å². The van der Waals surface area contributed by atoms with E-state index in [1.54, 1.807) is 13.8 Å². The van der Waals surface area contributed by atoms with Gasteiger partial charge < -0.3 is 30.6 Å². The first-order valence-electron chi connectivity index (χ1n) is 12.5. The molecule has 2 aromatic rings. The number of aliphatic hydroxyl groups excluding tert-OH is 2. The number of carboxylic acids is 2. The Hall–Kier alpha value is -3.32. The van der Waals surface area contributed by atoms with Gasteiger partial charge >= 0.3 is 11.9 Å². The molecule has 0 unspecified atom stereocenters. The topological polar surface area (TPSA) is 188 Å². The van der Waals surface area contributed by atoms with Crippen LogP contribution < -0.4 is 0 Å². The first-order chi connectivity index (χ1) is 18.1. The third-order valence-corrected chi connectivity index (χ3v) is 7.23. The van der Waals surface area contributed by atoms with Crippen LogP contribution in [0.25, 0.3) is 0 Å². The normalized spacial score (nSPS) is 17.7. The summed E-state index contributed by atoms with van der Waals surface area (Å²) in [6.45, 7) is 1.83. The highest BCUT2D eigenvalue weighted by Gasteiger charge is 2.37. The van der Waals surface area contributed by atoms with Gasteiger partial charge in [0, 0.05) is 59.8 Å². The molecule has 2 heterocycles. The first kappa shape index (κ1) is 29.2. The molecule has 0 aliphatic heterocycles. The second-order valence-electron chi connectivity index (χ2n) is 9.72. The second kappa shape index (κ2) is 13.0. The van der Waals surface area contributed by atoms with E-state index in [1.807, 2.05) is 4.90 Å². The molecule has 38 heavy (non-hydrogen) atoms. The molecule has 6 N–H and O–H groups in total. The van der Waals surface area contributed by atoms with Crippen LogP contribution in [0.3, 0.4) is 0 Å². The van der Waals surface area contributed by atoms with Crippen molar-refractivity contribution in [1.82, 2.24) is 19.8 Å². The van der Waals surface area contributed by atoms with Gasteiger partial charge in [-0.05, 0) is 26.7 Å². The Morgan fingerprint density at radius 3 is 1.55 bits per heavy atom. The van der Waals surface area contributed by atoms with Crippen LogP contribution in [0.4, 0.5) is 0 Å². The minimum absolute atomic E-state index is 0.0839. The summed E-state index contributed by atoms with van der Waals surface area (Å²) in [4.78, 5) is 34.9. The average Bonchev–Trinajstić information content (AvgIpc) is 2.88. The third kappa shape index (κ3) is 6.76. The zero-order valence-electron chi connectivity index (χ0n) is 21.7. The predicted molar refractivity (Wildman–Crippen MR) is 135 cm³/mol. The largest absolute Gasteiger partial charge is 0.506 e. The number of hydrogen-bond donors (Lipinski definition) is 6. The van der Waals surface area contributed by atoms with Crippen molar-refractivity contribution in [2.75, 3.05) is 13.1 Å². The maximum atomic E-state index is 11.6. The van der Waals surface area contributed by atoms with E-state index in [0.29, 0.717) is 46.5 Å². The fourth-order valence-electron chi connectivity index (χ4n) is 5.27. The number of rotatable bonds is 12. The molecule has 12 nitrogen and oxygen atoms in total. The summed E-state index contributed by atoms with van der Waals surface area (Å²) in [7, 11) is 0. The van der Waals surface area contributed by atoms with Gasteiger partial charge in [-0.25, -0.2) is 0 Å². The summed E-state index contributed by atoms with van der Waals surface area (Å²) in [5.74, 6) is -2.45. The number of aromatic nitrogens is 2. The van der Waals surface area contributed by atoms with Crippen LogP contribution in [-0.4, -0.2) is 87.5 Å². The van der Waals surface area contributed by atoms with E-state index in [0.717, 1.165) is 12.8 Å². The van der Waals surface area contributed by atoms with Gasteiger partial charge in [-0.1, -0.05) is 12.8 Å². The predicted octanol–water partition coefficient (Wildman–Crippen LogP) is 1.27. The maximum absolute atomic E-state index is 11.6. The van der Waals surface area contributed by atoms with E-state index in [2.05, 4.69) is 9.97 Å². The van der Waals surface area contributed by atoms with Gasteiger partial charge in [0.2, 0.25) is 0 Å². The number of carbonyl (C=O) groups is 2. The zero-order valence-corrected chi connectivity index (χ0v) is 21.7. The van der Waals surface area contributed by atoms with Crippen LogP contribution in [0.15, 0.2) is 12.4 Å². The zero-order chi connectivity index (χ0) is 28.0. The molecule has 0 amide bonds. The quantitative estimate of drug-likeness (QED) is 0.230. The van der Waals surface area contributed by atoms with Crippen LogP contribution in [0.1, 0.15) is 59.3 Å². The lowest BCUT2D eigenvalue weighted by Gasteiger charge is -2.44. The number of nitrogens with zero attached hydrogens (tertiary/aromatic N) is 4. The molecule has 0 aromatic carbocycles. The van der Waals surface area contributed by atoms with Crippen molar-refractivity contribution >= 4 is 11.9 Å². The average molecular weight is 533 g/mol. The monoisotopic (exact) mass is 532 g/mol. The maximum Gasteiger partial charge on any atom is 0.317 e.